The van der Waals surface area contributed by atoms with Crippen molar-refractivity contribution in [3.05, 3.63) is 95.7 Å². The zero-order valence-corrected chi connectivity index (χ0v) is 21.1. The fourth-order valence-corrected chi connectivity index (χ4v) is 5.00. The van der Waals surface area contributed by atoms with Gasteiger partial charge in [-0.05, 0) is 91.0 Å². The van der Waals surface area contributed by atoms with Gasteiger partial charge in [0.25, 0.3) is 5.91 Å². The van der Waals surface area contributed by atoms with Gasteiger partial charge in [0.2, 0.25) is 0 Å². The van der Waals surface area contributed by atoms with Crippen LogP contribution in [-0.4, -0.2) is 45.9 Å². The molecule has 1 aliphatic rings. The molecule has 0 spiro atoms. The lowest BCUT2D eigenvalue weighted by Crippen LogP contribution is -2.66. The lowest BCUT2D eigenvalue weighted by molar-refractivity contribution is -0.0159. The normalized spacial score (nSPS) is 17.0. The zero-order valence-electron chi connectivity index (χ0n) is 21.1. The maximum atomic E-state index is 15.0. The zero-order chi connectivity index (χ0) is 26.5. The molecule has 6 heteroatoms. The molecule has 2 unspecified atom stereocenters. The Hall–Kier alpha value is -3.95. The van der Waals surface area contributed by atoms with Crippen molar-refractivity contribution in [3.63, 3.8) is 0 Å². The van der Waals surface area contributed by atoms with Crippen molar-refractivity contribution in [1.29, 1.82) is 0 Å². The Morgan fingerprint density at radius 2 is 1.73 bits per heavy atom. The molecule has 1 aromatic heterocycles. The van der Waals surface area contributed by atoms with E-state index in [0.717, 1.165) is 41.5 Å². The Morgan fingerprint density at radius 3 is 2.43 bits per heavy atom. The van der Waals surface area contributed by atoms with Crippen LogP contribution in [0.25, 0.3) is 22.0 Å². The molecule has 1 N–H and O–H groups in total. The summed E-state index contributed by atoms with van der Waals surface area (Å²) < 4.78 is 28.5. The smallest absolute Gasteiger partial charge is 0.254 e. The lowest BCUT2D eigenvalue weighted by atomic mass is 9.94. The van der Waals surface area contributed by atoms with Gasteiger partial charge in [0.15, 0.2) is 0 Å². The molecule has 4 nitrogen and oxygen atoms in total. The third-order valence-electron chi connectivity index (χ3n) is 7.09. The average Bonchev–Trinajstić information content (AvgIpc) is 3.40. The van der Waals surface area contributed by atoms with Crippen molar-refractivity contribution in [3.8, 4) is 24.0 Å². The van der Waals surface area contributed by atoms with Crippen molar-refractivity contribution in [1.82, 2.24) is 14.8 Å². The monoisotopic (exact) mass is 499 g/mol. The van der Waals surface area contributed by atoms with Gasteiger partial charge in [0.05, 0.1) is 6.04 Å². The number of carbonyl (C=O) groups excluding carboxylic acids is 1. The highest BCUT2D eigenvalue weighted by Gasteiger charge is 2.41. The van der Waals surface area contributed by atoms with Crippen molar-refractivity contribution < 1.29 is 13.6 Å². The summed E-state index contributed by atoms with van der Waals surface area (Å²) in [4.78, 5) is 20.8. The molecule has 3 aromatic carbocycles. The minimum atomic E-state index is -0.391. The van der Waals surface area contributed by atoms with Crippen LogP contribution in [0, 0.1) is 24.5 Å². The molecule has 2 atom stereocenters. The lowest BCUT2D eigenvalue weighted by Gasteiger charge is -2.51. The van der Waals surface area contributed by atoms with Crippen molar-refractivity contribution in [2.75, 3.05) is 13.1 Å². The molecule has 0 bridgehead atoms. The molecule has 190 valence electrons. The summed E-state index contributed by atoms with van der Waals surface area (Å²) in [5.74, 6) is -0.945. The third kappa shape index (κ3) is 5.42. The van der Waals surface area contributed by atoms with E-state index in [4.69, 9.17) is 0 Å². The van der Waals surface area contributed by atoms with Gasteiger partial charge < -0.3 is 9.88 Å². The van der Waals surface area contributed by atoms with Gasteiger partial charge in [-0.25, -0.2) is 8.78 Å². The Balaban J connectivity index is 0.00000156. The van der Waals surface area contributed by atoms with Crippen LogP contribution in [0.2, 0.25) is 0 Å². The summed E-state index contributed by atoms with van der Waals surface area (Å²) in [5, 5.41) is 1.08. The van der Waals surface area contributed by atoms with E-state index in [-0.39, 0.29) is 30.4 Å². The Labute approximate surface area is 216 Å². The van der Waals surface area contributed by atoms with Gasteiger partial charge in [0.1, 0.15) is 11.6 Å². The van der Waals surface area contributed by atoms with E-state index in [0.29, 0.717) is 11.1 Å². The van der Waals surface area contributed by atoms with Crippen molar-refractivity contribution >= 4 is 16.8 Å². The minimum Gasteiger partial charge on any atom is -0.361 e. The molecule has 0 radical (unpaired) electrons. The molecular formula is C31H31F2N3O. The maximum absolute atomic E-state index is 15.0. The van der Waals surface area contributed by atoms with Gasteiger partial charge in [-0.3, -0.25) is 9.69 Å². The fraction of sp³-hybridized carbons (Fsp3) is 0.258. The number of fused-ring (bicyclic) bond motifs is 1. The highest BCUT2D eigenvalue weighted by Crippen LogP contribution is 2.30. The summed E-state index contributed by atoms with van der Waals surface area (Å²) in [5.41, 5.74) is 3.80. The summed E-state index contributed by atoms with van der Waals surface area (Å²) in [6, 6.07) is 18.9. The van der Waals surface area contributed by atoms with Crippen LogP contribution >= 0.6 is 0 Å². The Morgan fingerprint density at radius 1 is 1.03 bits per heavy atom. The summed E-state index contributed by atoms with van der Waals surface area (Å²) >= 11 is 0. The number of hydrogen-bond acceptors (Lipinski definition) is 2. The molecule has 0 aliphatic carbocycles. The number of aromatic nitrogens is 1. The molecule has 0 saturated carbocycles. The number of nitrogens with one attached hydrogen (secondary N) is 1. The number of hydrogen-bond donors (Lipinski definition) is 1. The van der Waals surface area contributed by atoms with Crippen LogP contribution in [0.15, 0.2) is 72.9 Å². The number of benzene rings is 3. The van der Waals surface area contributed by atoms with Gasteiger partial charge in [0, 0.05) is 42.0 Å². The number of likely N-dealkylation sites (tertiary alicyclic amines) is 1. The number of terminal acetylenes is 1. The molecular weight excluding hydrogens is 468 g/mol. The summed E-state index contributed by atoms with van der Waals surface area (Å²) in [7, 11) is 0. The summed E-state index contributed by atoms with van der Waals surface area (Å²) in [6.07, 6.45) is 10.9. The predicted octanol–water partition coefficient (Wildman–Crippen LogP) is 6.49. The maximum Gasteiger partial charge on any atom is 0.254 e. The second kappa shape index (κ2) is 11.4. The second-order valence-electron chi connectivity index (χ2n) is 9.33. The van der Waals surface area contributed by atoms with E-state index >= 15 is 4.39 Å². The van der Waals surface area contributed by atoms with Crippen molar-refractivity contribution in [2.24, 2.45) is 0 Å². The van der Waals surface area contributed by atoms with Crippen LogP contribution in [0.5, 0.6) is 0 Å². The molecule has 5 rings (SSSR count). The topological polar surface area (TPSA) is 39.3 Å². The standard InChI is InChI=1S/C29H29F2N3O.C2H2/c1-3-14-33-18-28(19(33)2)34(29(35)20-4-8-25(30)9-5-20)17-24-16-21(6-10-26(24)31)22-7-11-27-23(15-22)12-13-32-27;1-2/h4-13,15-16,19,28,32H,3,14,17-18H2,1-2H3;1-2H. The van der Waals surface area contributed by atoms with Crippen LogP contribution < -0.4 is 0 Å². The molecule has 1 amide bonds. The van der Waals surface area contributed by atoms with E-state index in [9.17, 15) is 9.18 Å². The van der Waals surface area contributed by atoms with Crippen LogP contribution in [0.1, 0.15) is 36.2 Å². The van der Waals surface area contributed by atoms with Gasteiger partial charge >= 0.3 is 0 Å². The Bertz CT molecular complexity index is 1390. The number of nitrogens with zero attached hydrogens (tertiary/aromatic N) is 2. The number of H-pyrrole nitrogens is 1. The molecule has 1 fully saturated rings. The number of rotatable bonds is 7. The van der Waals surface area contributed by atoms with E-state index in [1.54, 1.807) is 11.0 Å². The van der Waals surface area contributed by atoms with Crippen LogP contribution in [0.4, 0.5) is 8.78 Å². The molecule has 1 saturated heterocycles. The number of amides is 1. The first-order valence-electron chi connectivity index (χ1n) is 12.4. The number of aromatic amines is 1. The van der Waals surface area contributed by atoms with Gasteiger partial charge in [-0.15, -0.1) is 12.8 Å². The quantitative estimate of drug-likeness (QED) is 0.295. The molecule has 4 aromatic rings. The van der Waals surface area contributed by atoms with E-state index < -0.39 is 5.82 Å². The summed E-state index contributed by atoms with van der Waals surface area (Å²) in [6.45, 7) is 6.09. The SMILES string of the molecule is C#C.CCCN1CC(N(Cc2cc(-c3ccc4[nH]ccc4c3)ccc2F)C(=O)c2ccc(F)cc2)C1C. The predicted molar refractivity (Wildman–Crippen MR) is 145 cm³/mol. The molecule has 2 heterocycles. The fourth-order valence-electron chi connectivity index (χ4n) is 5.00. The molecule has 37 heavy (non-hydrogen) atoms. The van der Waals surface area contributed by atoms with Gasteiger partial charge in [-0.2, -0.15) is 0 Å². The van der Waals surface area contributed by atoms with E-state index in [1.165, 1.54) is 30.3 Å². The largest absolute Gasteiger partial charge is 0.361 e. The first kappa shape index (κ1) is 26.1. The minimum absolute atomic E-state index is 0.0432. The highest BCUT2D eigenvalue weighted by atomic mass is 19.1. The number of carbonyl (C=O) groups is 1. The second-order valence-corrected chi connectivity index (χ2v) is 9.33. The first-order chi connectivity index (χ1) is 17.9. The Kier molecular flexibility index (Phi) is 8.05. The highest BCUT2D eigenvalue weighted by molar-refractivity contribution is 5.94. The van der Waals surface area contributed by atoms with Crippen molar-refractivity contribution in [2.45, 2.75) is 38.9 Å². The van der Waals surface area contributed by atoms with E-state index in [1.807, 2.05) is 30.5 Å². The van der Waals surface area contributed by atoms with Crippen LogP contribution in [-0.2, 0) is 6.54 Å². The third-order valence-corrected chi connectivity index (χ3v) is 7.09. The first-order valence-corrected chi connectivity index (χ1v) is 12.4. The van der Waals surface area contributed by atoms with Gasteiger partial charge in [-0.1, -0.05) is 19.1 Å². The van der Waals surface area contributed by atoms with Crippen LogP contribution in [0.3, 0.4) is 0 Å². The molecule has 1 aliphatic heterocycles. The number of halogens is 2. The van der Waals surface area contributed by atoms with E-state index in [2.05, 4.69) is 42.6 Å². The average molecular weight is 500 g/mol.